The largest absolute Gasteiger partial charge is 0.447 e. The number of aliphatic hydroxyl groups is 1. The lowest BCUT2D eigenvalue weighted by Gasteiger charge is -2.07. The molecule has 0 bridgehead atoms. The minimum atomic E-state index is -0.575. The van der Waals surface area contributed by atoms with E-state index < -0.39 is 6.09 Å². The van der Waals surface area contributed by atoms with Gasteiger partial charge in [0, 0.05) is 18.1 Å². The van der Waals surface area contributed by atoms with E-state index in [1.54, 1.807) is 18.3 Å². The van der Waals surface area contributed by atoms with Crippen LogP contribution in [0.15, 0.2) is 42.7 Å². The number of amides is 1. The van der Waals surface area contributed by atoms with Crippen LogP contribution in [-0.4, -0.2) is 34.2 Å². The first-order valence-electron chi connectivity index (χ1n) is 5.89. The van der Waals surface area contributed by atoms with Crippen LogP contribution in [0.3, 0.4) is 0 Å². The predicted octanol–water partition coefficient (Wildman–Crippen LogP) is 1.47. The van der Waals surface area contributed by atoms with Gasteiger partial charge >= 0.3 is 6.09 Å². The number of benzene rings is 1. The fourth-order valence-corrected chi connectivity index (χ4v) is 1.57. The Morgan fingerprint density at radius 2 is 2.16 bits per heavy atom. The van der Waals surface area contributed by atoms with Crippen molar-refractivity contribution in [3.05, 3.63) is 48.3 Å². The molecule has 1 heterocycles. The molecular weight excluding hydrogens is 246 g/mol. The summed E-state index contributed by atoms with van der Waals surface area (Å²) in [5.41, 5.74) is 1.73. The Hall–Kier alpha value is -2.34. The van der Waals surface area contributed by atoms with E-state index in [2.05, 4.69) is 10.4 Å². The van der Waals surface area contributed by atoms with E-state index in [1.807, 2.05) is 29.1 Å². The Balaban J connectivity index is 1.89. The first-order valence-corrected chi connectivity index (χ1v) is 5.89. The normalized spacial score (nSPS) is 10.2. The minimum absolute atomic E-state index is 0.0107. The van der Waals surface area contributed by atoms with Gasteiger partial charge in [-0.15, -0.1) is 0 Å². The fourth-order valence-electron chi connectivity index (χ4n) is 1.57. The molecule has 2 N–H and O–H groups in total. The van der Waals surface area contributed by atoms with Gasteiger partial charge in [0.25, 0.3) is 0 Å². The van der Waals surface area contributed by atoms with Gasteiger partial charge in [-0.1, -0.05) is 12.1 Å². The molecule has 1 aromatic heterocycles. The third kappa shape index (κ3) is 4.11. The van der Waals surface area contributed by atoms with Gasteiger partial charge < -0.3 is 9.84 Å². The molecular formula is C13H15N3O3. The Kier molecular flexibility index (Phi) is 4.52. The zero-order valence-corrected chi connectivity index (χ0v) is 10.3. The molecule has 0 aliphatic carbocycles. The summed E-state index contributed by atoms with van der Waals surface area (Å²) in [4.78, 5) is 11.3. The van der Waals surface area contributed by atoms with Crippen LogP contribution in [-0.2, 0) is 11.3 Å². The SMILES string of the molecule is O=C(Nc1ccc(Cn2cccn2)cc1)OCCO. The van der Waals surface area contributed by atoms with Crippen molar-refractivity contribution < 1.29 is 14.6 Å². The summed E-state index contributed by atoms with van der Waals surface area (Å²) in [5.74, 6) is 0. The molecule has 6 heteroatoms. The highest BCUT2D eigenvalue weighted by Gasteiger charge is 2.02. The maximum atomic E-state index is 11.3. The Morgan fingerprint density at radius 3 is 2.79 bits per heavy atom. The molecule has 0 atom stereocenters. The summed E-state index contributed by atoms with van der Waals surface area (Å²) in [5, 5.41) is 15.2. The number of aliphatic hydroxyl groups excluding tert-OH is 1. The Bertz CT molecular complexity index is 508. The Labute approximate surface area is 110 Å². The average Bonchev–Trinajstić information content (AvgIpc) is 2.91. The van der Waals surface area contributed by atoms with Gasteiger partial charge in [-0.05, 0) is 23.8 Å². The van der Waals surface area contributed by atoms with Gasteiger partial charge in [0.2, 0.25) is 0 Å². The van der Waals surface area contributed by atoms with Crippen LogP contribution in [0.1, 0.15) is 5.56 Å². The van der Waals surface area contributed by atoms with Gasteiger partial charge in [-0.3, -0.25) is 10.00 Å². The van der Waals surface area contributed by atoms with E-state index in [9.17, 15) is 4.79 Å². The molecule has 0 saturated carbocycles. The zero-order valence-electron chi connectivity index (χ0n) is 10.3. The van der Waals surface area contributed by atoms with Crippen LogP contribution >= 0.6 is 0 Å². The maximum Gasteiger partial charge on any atom is 0.411 e. The number of ether oxygens (including phenoxy) is 1. The van der Waals surface area contributed by atoms with E-state index in [4.69, 9.17) is 9.84 Å². The molecule has 0 radical (unpaired) electrons. The standard InChI is InChI=1S/C13H15N3O3/c17-8-9-19-13(18)15-12-4-2-11(3-5-12)10-16-7-1-6-14-16/h1-7,17H,8-10H2,(H,15,18). The van der Waals surface area contributed by atoms with Crippen molar-refractivity contribution in [3.8, 4) is 0 Å². The number of carbonyl (C=O) groups excluding carboxylic acids is 1. The second kappa shape index (κ2) is 6.55. The smallest absolute Gasteiger partial charge is 0.411 e. The van der Waals surface area contributed by atoms with E-state index >= 15 is 0 Å². The lowest BCUT2D eigenvalue weighted by atomic mass is 10.2. The van der Waals surface area contributed by atoms with Crippen molar-refractivity contribution in [2.75, 3.05) is 18.5 Å². The van der Waals surface area contributed by atoms with Crippen LogP contribution in [0.2, 0.25) is 0 Å². The van der Waals surface area contributed by atoms with Crippen LogP contribution in [0.4, 0.5) is 10.5 Å². The summed E-state index contributed by atoms with van der Waals surface area (Å²) in [7, 11) is 0. The van der Waals surface area contributed by atoms with E-state index in [1.165, 1.54) is 0 Å². The molecule has 2 aromatic rings. The molecule has 0 fully saturated rings. The summed E-state index contributed by atoms with van der Waals surface area (Å²) < 4.78 is 6.51. The van der Waals surface area contributed by atoms with Crippen molar-refractivity contribution in [1.29, 1.82) is 0 Å². The van der Waals surface area contributed by atoms with Gasteiger partial charge in [0.15, 0.2) is 0 Å². The molecule has 100 valence electrons. The highest BCUT2D eigenvalue weighted by atomic mass is 16.6. The zero-order chi connectivity index (χ0) is 13.5. The summed E-state index contributed by atoms with van der Waals surface area (Å²) in [6.45, 7) is 0.488. The van der Waals surface area contributed by atoms with Gasteiger partial charge in [-0.25, -0.2) is 4.79 Å². The summed E-state index contributed by atoms with van der Waals surface area (Å²) in [6, 6.07) is 9.26. The van der Waals surface area contributed by atoms with Gasteiger partial charge in [0.05, 0.1) is 13.2 Å². The Morgan fingerprint density at radius 1 is 1.37 bits per heavy atom. The number of carbonyl (C=O) groups is 1. The number of hydrogen-bond acceptors (Lipinski definition) is 4. The number of nitrogens with one attached hydrogen (secondary N) is 1. The second-order valence-electron chi connectivity index (χ2n) is 3.89. The number of rotatable bonds is 5. The fraction of sp³-hybridized carbons (Fsp3) is 0.231. The number of nitrogens with zero attached hydrogens (tertiary/aromatic N) is 2. The van der Waals surface area contributed by atoms with Crippen LogP contribution < -0.4 is 5.32 Å². The van der Waals surface area contributed by atoms with E-state index in [0.717, 1.165) is 5.56 Å². The van der Waals surface area contributed by atoms with Crippen LogP contribution in [0.25, 0.3) is 0 Å². The molecule has 0 aliphatic rings. The van der Waals surface area contributed by atoms with Crippen LogP contribution in [0, 0.1) is 0 Å². The van der Waals surface area contributed by atoms with E-state index in [-0.39, 0.29) is 13.2 Å². The molecule has 0 aliphatic heterocycles. The van der Waals surface area contributed by atoms with Gasteiger partial charge in [0.1, 0.15) is 6.61 Å². The molecule has 2 rings (SSSR count). The minimum Gasteiger partial charge on any atom is -0.447 e. The first kappa shape index (κ1) is 13.1. The molecule has 19 heavy (non-hydrogen) atoms. The van der Waals surface area contributed by atoms with Crippen molar-refractivity contribution in [2.45, 2.75) is 6.54 Å². The van der Waals surface area contributed by atoms with Crippen molar-refractivity contribution >= 4 is 11.8 Å². The molecule has 6 nitrogen and oxygen atoms in total. The molecule has 0 saturated heterocycles. The van der Waals surface area contributed by atoms with Crippen molar-refractivity contribution in [1.82, 2.24) is 9.78 Å². The highest BCUT2D eigenvalue weighted by Crippen LogP contribution is 2.10. The van der Waals surface area contributed by atoms with E-state index in [0.29, 0.717) is 12.2 Å². The molecule has 1 aromatic carbocycles. The van der Waals surface area contributed by atoms with Crippen LogP contribution in [0.5, 0.6) is 0 Å². The highest BCUT2D eigenvalue weighted by molar-refractivity contribution is 5.84. The van der Waals surface area contributed by atoms with Gasteiger partial charge in [-0.2, -0.15) is 5.10 Å². The quantitative estimate of drug-likeness (QED) is 0.854. The molecule has 0 spiro atoms. The lowest BCUT2D eigenvalue weighted by molar-refractivity contribution is 0.131. The number of anilines is 1. The maximum absolute atomic E-state index is 11.3. The van der Waals surface area contributed by atoms with Crippen molar-refractivity contribution in [2.24, 2.45) is 0 Å². The predicted molar refractivity (Wildman–Crippen MR) is 69.8 cm³/mol. The summed E-state index contributed by atoms with van der Waals surface area (Å²) in [6.07, 6.45) is 3.04. The topological polar surface area (TPSA) is 76.4 Å². The molecule has 0 unspecified atom stereocenters. The third-order valence-electron chi connectivity index (χ3n) is 2.43. The van der Waals surface area contributed by atoms with Crippen molar-refractivity contribution in [3.63, 3.8) is 0 Å². The first-order chi connectivity index (χ1) is 9.28. The molecule has 1 amide bonds. The monoisotopic (exact) mass is 261 g/mol. The summed E-state index contributed by atoms with van der Waals surface area (Å²) >= 11 is 0. The average molecular weight is 261 g/mol. The third-order valence-corrected chi connectivity index (χ3v) is 2.43. The lowest BCUT2D eigenvalue weighted by Crippen LogP contribution is -2.15. The second-order valence-corrected chi connectivity index (χ2v) is 3.89. The number of hydrogen-bond donors (Lipinski definition) is 2. The number of aromatic nitrogens is 2.